The second kappa shape index (κ2) is 7.70. The largest absolute Gasteiger partial charge is 0.300 e. The van der Waals surface area contributed by atoms with Crippen molar-refractivity contribution in [2.24, 2.45) is 0 Å². The summed E-state index contributed by atoms with van der Waals surface area (Å²) in [5.74, 6) is 3.61. The van der Waals surface area contributed by atoms with Crippen molar-refractivity contribution >= 4 is 13.9 Å². The second-order valence-electron chi connectivity index (χ2n) is 5.05. The van der Waals surface area contributed by atoms with Crippen LogP contribution < -0.4 is 0 Å². The summed E-state index contributed by atoms with van der Waals surface area (Å²) in [6.07, 6.45) is 5.47. The number of carbonyl (C=O) groups is 1. The number of ketones is 1. The van der Waals surface area contributed by atoms with Gasteiger partial charge in [0.1, 0.15) is 13.9 Å². The normalized spacial score (nSPS) is 10.7. The lowest BCUT2D eigenvalue weighted by Gasteiger charge is -2.03. The van der Waals surface area contributed by atoms with Crippen molar-refractivity contribution in [2.45, 2.75) is 65.1 Å². The van der Waals surface area contributed by atoms with Crippen molar-refractivity contribution in [3.8, 4) is 11.5 Å². The molecular weight excluding hydrogens is 200 g/mol. The number of Topliss-reactive ketones (excluding diaryl/α,β-unsaturated/α-hetero) is 1. The Morgan fingerprint density at radius 3 is 2.27 bits per heavy atom. The van der Waals surface area contributed by atoms with E-state index in [1.807, 2.05) is 0 Å². The lowest BCUT2D eigenvalue weighted by molar-refractivity contribution is -0.119. The van der Waals surface area contributed by atoms with Gasteiger partial charge < -0.3 is 0 Å². The summed E-state index contributed by atoms with van der Waals surface area (Å²) in [4.78, 5) is 11.3. The van der Waals surface area contributed by atoms with E-state index >= 15 is 0 Å². The van der Waals surface area contributed by atoms with Crippen molar-refractivity contribution in [3.05, 3.63) is 0 Å². The molecule has 0 radical (unpaired) electrons. The minimum absolute atomic E-state index is 0.409. The summed E-state index contributed by atoms with van der Waals surface area (Å²) < 4.78 is 0. The quantitative estimate of drug-likeness (QED) is 0.381. The van der Waals surface area contributed by atoms with Crippen LogP contribution in [-0.2, 0) is 4.79 Å². The monoisotopic (exact) mass is 224 g/mol. The maximum atomic E-state index is 11.3. The topological polar surface area (TPSA) is 17.1 Å². The molecule has 0 saturated heterocycles. The third kappa shape index (κ3) is 11.4. The van der Waals surface area contributed by atoms with Crippen LogP contribution in [0.4, 0.5) is 0 Å². The molecule has 0 N–H and O–H groups in total. The predicted molar refractivity (Wildman–Crippen MR) is 69.5 cm³/mol. The van der Waals surface area contributed by atoms with E-state index in [-0.39, 0.29) is 0 Å². The van der Waals surface area contributed by atoms with E-state index in [0.29, 0.717) is 5.78 Å². The fraction of sp³-hybridized carbons (Fsp3) is 0.769. The van der Waals surface area contributed by atoms with Crippen molar-refractivity contribution in [3.63, 3.8) is 0 Å². The highest BCUT2D eigenvalue weighted by atomic mass is 28.3. The number of unbranched alkanes of at least 4 members (excludes halogenated alkanes) is 2. The Labute approximate surface area is 95.7 Å². The molecule has 0 bridgehead atoms. The van der Waals surface area contributed by atoms with Crippen LogP contribution in [-0.4, -0.2) is 13.9 Å². The molecule has 0 amide bonds. The second-order valence-corrected chi connectivity index (χ2v) is 9.80. The summed E-state index contributed by atoms with van der Waals surface area (Å²) >= 11 is 0. The number of rotatable bonds is 6. The van der Waals surface area contributed by atoms with Crippen molar-refractivity contribution in [2.75, 3.05) is 0 Å². The molecule has 0 fully saturated rings. The Morgan fingerprint density at radius 2 is 1.73 bits per heavy atom. The molecule has 0 aromatic heterocycles. The molecule has 86 valence electrons. The summed E-state index contributed by atoms with van der Waals surface area (Å²) in [5.41, 5.74) is 3.32. The molecule has 0 aliphatic carbocycles. The van der Waals surface area contributed by atoms with Gasteiger partial charge in [-0.15, -0.1) is 11.5 Å². The van der Waals surface area contributed by atoms with Gasteiger partial charge >= 0.3 is 0 Å². The zero-order chi connectivity index (χ0) is 11.7. The zero-order valence-electron chi connectivity index (χ0n) is 10.7. The third-order valence-electron chi connectivity index (χ3n) is 2.03. The first kappa shape index (κ1) is 14.4. The van der Waals surface area contributed by atoms with Crippen LogP contribution in [0.3, 0.4) is 0 Å². The lowest BCUT2D eigenvalue weighted by Crippen LogP contribution is -2.16. The highest BCUT2D eigenvalue weighted by molar-refractivity contribution is 6.83. The van der Waals surface area contributed by atoms with Gasteiger partial charge in [0.05, 0.1) is 0 Å². The molecular formula is C13H24OSi. The molecule has 0 rings (SSSR count). The molecule has 0 atom stereocenters. The fourth-order valence-electron chi connectivity index (χ4n) is 1.20. The molecule has 0 aliphatic rings. The van der Waals surface area contributed by atoms with Gasteiger partial charge in [0.2, 0.25) is 0 Å². The van der Waals surface area contributed by atoms with E-state index in [1.54, 1.807) is 0 Å². The summed E-state index contributed by atoms with van der Waals surface area (Å²) in [6, 6.07) is 0. The molecule has 15 heavy (non-hydrogen) atoms. The van der Waals surface area contributed by atoms with Gasteiger partial charge in [0, 0.05) is 19.3 Å². The van der Waals surface area contributed by atoms with Gasteiger partial charge in [-0.25, -0.2) is 0 Å². The van der Waals surface area contributed by atoms with E-state index in [2.05, 4.69) is 38.0 Å². The van der Waals surface area contributed by atoms with Gasteiger partial charge in [-0.3, -0.25) is 4.79 Å². The predicted octanol–water partition coefficient (Wildman–Crippen LogP) is 3.80. The van der Waals surface area contributed by atoms with Crippen LogP contribution in [0.2, 0.25) is 19.6 Å². The van der Waals surface area contributed by atoms with E-state index in [0.717, 1.165) is 38.5 Å². The van der Waals surface area contributed by atoms with Gasteiger partial charge in [0.15, 0.2) is 0 Å². The van der Waals surface area contributed by atoms with Crippen LogP contribution in [0, 0.1) is 11.5 Å². The average molecular weight is 224 g/mol. The highest BCUT2D eigenvalue weighted by Gasteiger charge is 2.07. The molecule has 0 heterocycles. The molecule has 1 nitrogen and oxygen atoms in total. The molecule has 0 aliphatic heterocycles. The van der Waals surface area contributed by atoms with E-state index < -0.39 is 8.07 Å². The molecule has 0 saturated carbocycles. The Kier molecular flexibility index (Phi) is 7.42. The first-order valence-electron chi connectivity index (χ1n) is 5.97. The summed E-state index contributed by atoms with van der Waals surface area (Å²) in [7, 11) is -1.20. The van der Waals surface area contributed by atoms with E-state index in [9.17, 15) is 4.79 Å². The Hall–Kier alpha value is -0.553. The molecule has 0 aromatic rings. The standard InChI is InChI=1S/C13H24OSi/c1-5-6-10-13(14)11-8-7-9-12-15(2,3)4/h5-8,10-11H2,1-4H3. The van der Waals surface area contributed by atoms with Gasteiger partial charge in [-0.1, -0.05) is 33.0 Å². The van der Waals surface area contributed by atoms with Crippen LogP contribution in [0.25, 0.3) is 0 Å². The van der Waals surface area contributed by atoms with Crippen LogP contribution in [0.1, 0.15) is 45.4 Å². The number of hydrogen-bond donors (Lipinski definition) is 0. The highest BCUT2D eigenvalue weighted by Crippen LogP contribution is 2.03. The molecule has 0 aromatic carbocycles. The number of carbonyl (C=O) groups excluding carboxylic acids is 1. The average Bonchev–Trinajstić information content (AvgIpc) is 2.12. The van der Waals surface area contributed by atoms with E-state index in [4.69, 9.17) is 0 Å². The van der Waals surface area contributed by atoms with Crippen LogP contribution in [0.15, 0.2) is 0 Å². The fourth-order valence-corrected chi connectivity index (χ4v) is 1.86. The summed E-state index contributed by atoms with van der Waals surface area (Å²) in [5, 5.41) is 0. The zero-order valence-corrected chi connectivity index (χ0v) is 11.7. The van der Waals surface area contributed by atoms with Gasteiger partial charge in [-0.05, 0) is 12.8 Å². The van der Waals surface area contributed by atoms with Gasteiger partial charge in [-0.2, -0.15) is 0 Å². The Morgan fingerprint density at radius 1 is 1.13 bits per heavy atom. The molecule has 2 heteroatoms. The van der Waals surface area contributed by atoms with Crippen molar-refractivity contribution in [1.29, 1.82) is 0 Å². The van der Waals surface area contributed by atoms with Gasteiger partial charge in [0.25, 0.3) is 0 Å². The molecule has 0 unspecified atom stereocenters. The van der Waals surface area contributed by atoms with Crippen LogP contribution >= 0.6 is 0 Å². The Balaban J connectivity index is 3.53. The SMILES string of the molecule is CCCCC(=O)CCCC#C[Si](C)(C)C. The minimum atomic E-state index is -1.20. The summed E-state index contributed by atoms with van der Waals surface area (Å²) in [6.45, 7) is 8.85. The maximum absolute atomic E-state index is 11.3. The lowest BCUT2D eigenvalue weighted by atomic mass is 10.1. The first-order valence-corrected chi connectivity index (χ1v) is 9.47. The minimum Gasteiger partial charge on any atom is -0.300 e. The maximum Gasteiger partial charge on any atom is 0.132 e. The Bertz CT molecular complexity index is 239. The van der Waals surface area contributed by atoms with E-state index in [1.165, 1.54) is 0 Å². The van der Waals surface area contributed by atoms with Crippen LogP contribution in [0.5, 0.6) is 0 Å². The first-order chi connectivity index (χ1) is 6.95. The smallest absolute Gasteiger partial charge is 0.132 e. The third-order valence-corrected chi connectivity index (χ3v) is 2.96. The van der Waals surface area contributed by atoms with Crippen molar-refractivity contribution < 1.29 is 4.79 Å². The molecule has 0 spiro atoms. The number of hydrogen-bond acceptors (Lipinski definition) is 1. The van der Waals surface area contributed by atoms with Crippen molar-refractivity contribution in [1.82, 2.24) is 0 Å².